The van der Waals surface area contributed by atoms with Crippen molar-refractivity contribution in [1.29, 1.82) is 0 Å². The van der Waals surface area contributed by atoms with Gasteiger partial charge in [-0.1, -0.05) is 20.8 Å². The molecule has 2 aliphatic rings. The fourth-order valence-corrected chi connectivity index (χ4v) is 4.67. The number of fused-ring (bicyclic) bond motifs is 2. The molecular formula is C16H27N5. The number of anilines is 3. The molecule has 2 unspecified atom stereocenters. The van der Waals surface area contributed by atoms with Gasteiger partial charge in [-0.3, -0.25) is 0 Å². The second-order valence-electron chi connectivity index (χ2n) is 8.17. The Morgan fingerprint density at radius 3 is 2.62 bits per heavy atom. The lowest BCUT2D eigenvalue weighted by atomic mass is 9.65. The molecule has 2 bridgehead atoms. The largest absolute Gasteiger partial charge is 0.393 e. The number of rotatable bonds is 2. The maximum Gasteiger partial charge on any atom is 0.157 e. The Bertz CT molecular complexity index is 554. The summed E-state index contributed by atoms with van der Waals surface area (Å²) in [4.78, 5) is 13.2. The van der Waals surface area contributed by atoms with Crippen LogP contribution in [0.15, 0.2) is 6.33 Å². The normalized spacial score (nSPS) is 30.5. The van der Waals surface area contributed by atoms with Gasteiger partial charge in [-0.15, -0.1) is 0 Å². The number of aromatic nitrogens is 2. The third kappa shape index (κ3) is 2.43. The monoisotopic (exact) mass is 289 g/mol. The molecule has 2 heterocycles. The Morgan fingerprint density at radius 1 is 1.24 bits per heavy atom. The molecule has 1 aliphatic carbocycles. The van der Waals surface area contributed by atoms with Crippen LogP contribution in [0.4, 0.5) is 17.3 Å². The first-order valence-electron chi connectivity index (χ1n) is 7.75. The summed E-state index contributed by atoms with van der Waals surface area (Å²) in [5.41, 5.74) is 7.83. The van der Waals surface area contributed by atoms with E-state index in [0.717, 1.165) is 18.2 Å². The van der Waals surface area contributed by atoms with Crippen molar-refractivity contribution in [3.8, 4) is 0 Å². The van der Waals surface area contributed by atoms with E-state index in [0.29, 0.717) is 22.6 Å². The zero-order valence-corrected chi connectivity index (χ0v) is 13.8. The summed E-state index contributed by atoms with van der Waals surface area (Å²) in [6.07, 6.45) is 5.37. The van der Waals surface area contributed by atoms with E-state index in [1.807, 2.05) is 19.0 Å². The summed E-state index contributed by atoms with van der Waals surface area (Å²) in [6.45, 7) is 8.23. The highest BCUT2D eigenvalue weighted by Gasteiger charge is 2.50. The second kappa shape index (κ2) is 4.49. The van der Waals surface area contributed by atoms with Crippen molar-refractivity contribution in [2.75, 3.05) is 36.2 Å². The van der Waals surface area contributed by atoms with Gasteiger partial charge in [-0.25, -0.2) is 9.97 Å². The molecule has 1 aromatic heterocycles. The Morgan fingerprint density at radius 2 is 1.95 bits per heavy atom. The summed E-state index contributed by atoms with van der Waals surface area (Å²) in [7, 11) is 3.94. The van der Waals surface area contributed by atoms with Crippen LogP contribution in [0.25, 0.3) is 0 Å². The molecule has 21 heavy (non-hydrogen) atoms. The molecule has 2 atom stereocenters. The molecule has 0 aromatic carbocycles. The van der Waals surface area contributed by atoms with Crippen molar-refractivity contribution in [3.05, 3.63) is 6.33 Å². The van der Waals surface area contributed by atoms with E-state index in [9.17, 15) is 0 Å². The summed E-state index contributed by atoms with van der Waals surface area (Å²) in [5, 5.41) is 0. The lowest BCUT2D eigenvalue weighted by molar-refractivity contribution is 0.136. The molecule has 0 radical (unpaired) electrons. The third-order valence-electron chi connectivity index (χ3n) is 4.95. The predicted molar refractivity (Wildman–Crippen MR) is 87.6 cm³/mol. The van der Waals surface area contributed by atoms with Gasteiger partial charge in [-0.05, 0) is 30.1 Å². The summed E-state index contributed by atoms with van der Waals surface area (Å²) in [5.74, 6) is 1.73. The maximum atomic E-state index is 6.35. The molecule has 2 N–H and O–H groups in total. The van der Waals surface area contributed by atoms with Crippen LogP contribution in [-0.2, 0) is 0 Å². The molecule has 1 saturated carbocycles. The predicted octanol–water partition coefficient (Wildman–Crippen LogP) is 2.53. The first kappa shape index (κ1) is 14.4. The van der Waals surface area contributed by atoms with Gasteiger partial charge in [0.15, 0.2) is 11.6 Å². The fraction of sp³-hybridized carbons (Fsp3) is 0.750. The van der Waals surface area contributed by atoms with Crippen LogP contribution in [0.5, 0.6) is 0 Å². The van der Waals surface area contributed by atoms with E-state index >= 15 is 0 Å². The highest BCUT2D eigenvalue weighted by molar-refractivity contribution is 5.76. The van der Waals surface area contributed by atoms with Crippen LogP contribution in [-0.4, -0.2) is 36.6 Å². The van der Waals surface area contributed by atoms with Gasteiger partial charge in [0, 0.05) is 26.7 Å². The first-order valence-corrected chi connectivity index (χ1v) is 7.75. The highest BCUT2D eigenvalue weighted by Crippen LogP contribution is 2.53. The van der Waals surface area contributed by atoms with E-state index in [1.165, 1.54) is 19.3 Å². The Labute approximate surface area is 127 Å². The van der Waals surface area contributed by atoms with Gasteiger partial charge in [0.1, 0.15) is 12.0 Å². The van der Waals surface area contributed by atoms with Gasteiger partial charge < -0.3 is 15.5 Å². The molecule has 1 saturated heterocycles. The van der Waals surface area contributed by atoms with Gasteiger partial charge in [0.05, 0.1) is 0 Å². The van der Waals surface area contributed by atoms with Crippen LogP contribution < -0.4 is 15.5 Å². The minimum atomic E-state index is 0.377. The van der Waals surface area contributed by atoms with Gasteiger partial charge in [-0.2, -0.15) is 0 Å². The molecule has 0 spiro atoms. The van der Waals surface area contributed by atoms with Crippen molar-refractivity contribution in [3.63, 3.8) is 0 Å². The lowest BCUT2D eigenvalue weighted by Gasteiger charge is -2.39. The number of hydrogen-bond donors (Lipinski definition) is 1. The number of nitrogens with two attached hydrogens (primary N) is 1. The Balaban J connectivity index is 1.98. The molecule has 5 heteroatoms. The Hall–Kier alpha value is -1.52. The topological polar surface area (TPSA) is 58.3 Å². The number of nitrogens with zero attached hydrogens (tertiary/aromatic N) is 4. The van der Waals surface area contributed by atoms with Crippen molar-refractivity contribution >= 4 is 17.3 Å². The molecule has 5 nitrogen and oxygen atoms in total. The van der Waals surface area contributed by atoms with Gasteiger partial charge in [0.2, 0.25) is 0 Å². The smallest absolute Gasteiger partial charge is 0.157 e. The quantitative estimate of drug-likeness (QED) is 0.906. The third-order valence-corrected chi connectivity index (χ3v) is 4.95. The van der Waals surface area contributed by atoms with Crippen LogP contribution in [0.1, 0.15) is 40.0 Å². The van der Waals surface area contributed by atoms with Crippen LogP contribution in [0, 0.1) is 10.8 Å². The highest BCUT2D eigenvalue weighted by atomic mass is 15.3. The Kier molecular flexibility index (Phi) is 3.08. The van der Waals surface area contributed by atoms with Crippen LogP contribution >= 0.6 is 0 Å². The van der Waals surface area contributed by atoms with Crippen molar-refractivity contribution in [2.24, 2.45) is 10.8 Å². The second-order valence-corrected chi connectivity index (χ2v) is 8.17. The molecule has 3 rings (SSSR count). The van der Waals surface area contributed by atoms with Crippen molar-refractivity contribution in [1.82, 2.24) is 9.97 Å². The average Bonchev–Trinajstić information content (AvgIpc) is 2.58. The average molecular weight is 289 g/mol. The van der Waals surface area contributed by atoms with E-state index in [2.05, 4.69) is 35.6 Å². The minimum Gasteiger partial charge on any atom is -0.393 e. The zero-order valence-electron chi connectivity index (χ0n) is 13.8. The van der Waals surface area contributed by atoms with E-state index in [1.54, 1.807) is 6.33 Å². The lowest BCUT2D eigenvalue weighted by Crippen LogP contribution is -2.35. The van der Waals surface area contributed by atoms with Crippen LogP contribution in [0.3, 0.4) is 0 Å². The van der Waals surface area contributed by atoms with E-state index in [-0.39, 0.29) is 0 Å². The van der Waals surface area contributed by atoms with Crippen molar-refractivity contribution < 1.29 is 0 Å². The summed E-state index contributed by atoms with van der Waals surface area (Å²) in [6, 6.07) is 0.547. The minimum absolute atomic E-state index is 0.377. The summed E-state index contributed by atoms with van der Waals surface area (Å²) >= 11 is 0. The molecule has 0 amide bonds. The van der Waals surface area contributed by atoms with Crippen molar-refractivity contribution in [2.45, 2.75) is 46.1 Å². The van der Waals surface area contributed by atoms with Gasteiger partial charge in [0.25, 0.3) is 0 Å². The molecule has 2 fully saturated rings. The molecule has 1 aromatic rings. The number of nitrogen functional groups attached to an aromatic ring is 1. The molecular weight excluding hydrogens is 262 g/mol. The zero-order chi connectivity index (χ0) is 15.4. The SMILES string of the molecule is CN(C)c1ncnc(N2CC3(C)CC2CC(C)(C)C3)c1N. The fourth-order valence-electron chi connectivity index (χ4n) is 4.67. The van der Waals surface area contributed by atoms with Gasteiger partial charge >= 0.3 is 0 Å². The molecule has 116 valence electrons. The summed E-state index contributed by atoms with van der Waals surface area (Å²) < 4.78 is 0. The van der Waals surface area contributed by atoms with E-state index < -0.39 is 0 Å². The number of hydrogen-bond acceptors (Lipinski definition) is 5. The maximum absolute atomic E-state index is 6.35. The van der Waals surface area contributed by atoms with E-state index in [4.69, 9.17) is 5.73 Å². The standard InChI is InChI=1S/C16H27N5/c1-15(2)6-11-7-16(3,8-15)9-21(11)14-12(17)13(20(4)5)18-10-19-14/h10-11H,6-9,17H2,1-5H3. The van der Waals surface area contributed by atoms with Crippen LogP contribution in [0.2, 0.25) is 0 Å². The molecule has 1 aliphatic heterocycles. The first-order chi connectivity index (χ1) is 9.71.